The molecule has 1 aliphatic carbocycles. The Morgan fingerprint density at radius 3 is 2.38 bits per heavy atom. The van der Waals surface area contributed by atoms with Gasteiger partial charge in [0, 0.05) is 29.9 Å². The van der Waals surface area contributed by atoms with Crippen LogP contribution in [0.25, 0.3) is 10.8 Å². The molecule has 2 aromatic rings. The zero-order valence-corrected chi connectivity index (χ0v) is 24.0. The second-order valence-corrected chi connectivity index (χ2v) is 13.4. The van der Waals surface area contributed by atoms with Crippen LogP contribution in [0.15, 0.2) is 36.7 Å². The molecule has 2 N–H and O–H groups in total. The van der Waals surface area contributed by atoms with E-state index < -0.39 is 35.2 Å². The Hall–Kier alpha value is -3.67. The standard InChI is InChI=1S/C30H39N5O4/c1-28(2,3)24(34-27(38)39-29(4,5)6)26(37)35-16-20-22(30(20,7)8)23(35)25(36)33-21(13-31)19-15-32-14-17-11-9-10-12-18(17)19/h9-12,14-15,20-24H,16H2,1-8H3,(H,33,36)(H,34,38)/t20-,21?,22-,23-,24+/m0/s1. The number of likely N-dealkylation sites (tertiary alicyclic amines) is 1. The van der Waals surface area contributed by atoms with Crippen LogP contribution in [0.3, 0.4) is 0 Å². The Balaban J connectivity index is 1.61. The molecule has 5 atom stereocenters. The number of carbonyl (C=O) groups excluding carboxylic acids is 3. The van der Waals surface area contributed by atoms with E-state index in [1.54, 1.807) is 38.1 Å². The molecular weight excluding hydrogens is 494 g/mol. The SMILES string of the molecule is CC(C)(C)OC(=O)N[C@H](C(=O)N1C[C@H]2[C@@H]([C@H]1C(=O)NC(C#N)c1cncc3ccccc13)C2(C)C)C(C)(C)C. The normalized spacial score (nSPS) is 23.3. The summed E-state index contributed by atoms with van der Waals surface area (Å²) in [5.41, 5.74) is -0.871. The zero-order valence-electron chi connectivity index (χ0n) is 24.0. The predicted molar refractivity (Wildman–Crippen MR) is 147 cm³/mol. The van der Waals surface area contributed by atoms with Gasteiger partial charge in [-0.25, -0.2) is 4.79 Å². The van der Waals surface area contributed by atoms with E-state index >= 15 is 0 Å². The van der Waals surface area contributed by atoms with Crippen LogP contribution in [0.5, 0.6) is 0 Å². The summed E-state index contributed by atoms with van der Waals surface area (Å²) in [4.78, 5) is 46.3. The lowest BCUT2D eigenvalue weighted by molar-refractivity contribution is -0.144. The molecule has 1 aliphatic heterocycles. The first-order chi connectivity index (χ1) is 18.1. The number of benzene rings is 1. The van der Waals surface area contributed by atoms with Crippen molar-refractivity contribution in [3.63, 3.8) is 0 Å². The van der Waals surface area contributed by atoms with Gasteiger partial charge in [-0.2, -0.15) is 5.26 Å². The number of nitriles is 1. The minimum Gasteiger partial charge on any atom is -0.444 e. The summed E-state index contributed by atoms with van der Waals surface area (Å²) in [6.45, 7) is 15.5. The Bertz CT molecular complexity index is 1330. The van der Waals surface area contributed by atoms with Crippen molar-refractivity contribution < 1.29 is 19.1 Å². The largest absolute Gasteiger partial charge is 0.444 e. The average Bonchev–Trinajstić information content (AvgIpc) is 3.15. The third-order valence-electron chi connectivity index (χ3n) is 7.96. The van der Waals surface area contributed by atoms with Crippen LogP contribution in [0.2, 0.25) is 0 Å². The van der Waals surface area contributed by atoms with Crippen LogP contribution >= 0.6 is 0 Å². The quantitative estimate of drug-likeness (QED) is 0.589. The third kappa shape index (κ3) is 5.56. The Morgan fingerprint density at radius 1 is 1.10 bits per heavy atom. The van der Waals surface area contributed by atoms with Gasteiger partial charge in [0.1, 0.15) is 23.7 Å². The predicted octanol–water partition coefficient (Wildman–Crippen LogP) is 4.34. The molecule has 9 nitrogen and oxygen atoms in total. The number of amides is 3. The number of rotatable bonds is 5. The van der Waals surface area contributed by atoms with Gasteiger partial charge < -0.3 is 20.3 Å². The lowest BCUT2D eigenvalue weighted by Crippen LogP contribution is -2.59. The summed E-state index contributed by atoms with van der Waals surface area (Å²) in [7, 11) is 0. The van der Waals surface area contributed by atoms with E-state index in [2.05, 4.69) is 35.5 Å². The maximum absolute atomic E-state index is 14.0. The summed E-state index contributed by atoms with van der Waals surface area (Å²) in [6, 6.07) is 7.16. The number of alkyl carbamates (subject to hydrolysis) is 1. The molecule has 9 heteroatoms. The highest BCUT2D eigenvalue weighted by molar-refractivity contribution is 5.94. The smallest absolute Gasteiger partial charge is 0.408 e. The minimum absolute atomic E-state index is 0.0476. The van der Waals surface area contributed by atoms with E-state index in [9.17, 15) is 19.6 Å². The molecule has 0 radical (unpaired) electrons. The van der Waals surface area contributed by atoms with Gasteiger partial charge in [-0.05, 0) is 48.8 Å². The van der Waals surface area contributed by atoms with Crippen molar-refractivity contribution in [3.8, 4) is 6.07 Å². The van der Waals surface area contributed by atoms with E-state index in [1.807, 2.05) is 45.0 Å². The van der Waals surface area contributed by atoms with Crippen LogP contribution in [0.1, 0.15) is 67.0 Å². The fourth-order valence-electron chi connectivity index (χ4n) is 5.83. The van der Waals surface area contributed by atoms with Crippen molar-refractivity contribution >= 4 is 28.7 Å². The van der Waals surface area contributed by atoms with Crippen molar-refractivity contribution in [1.82, 2.24) is 20.5 Å². The summed E-state index contributed by atoms with van der Waals surface area (Å²) in [5, 5.41) is 17.4. The first-order valence-corrected chi connectivity index (χ1v) is 13.4. The van der Waals surface area contributed by atoms with Gasteiger partial charge in [0.25, 0.3) is 0 Å². The highest BCUT2D eigenvalue weighted by atomic mass is 16.6. The van der Waals surface area contributed by atoms with E-state index in [1.165, 1.54) is 0 Å². The number of piperidine rings is 1. The molecule has 208 valence electrons. The highest BCUT2D eigenvalue weighted by Crippen LogP contribution is 2.65. The van der Waals surface area contributed by atoms with Gasteiger partial charge in [0.15, 0.2) is 0 Å². The van der Waals surface area contributed by atoms with E-state index in [4.69, 9.17) is 4.74 Å². The van der Waals surface area contributed by atoms with Crippen LogP contribution in [-0.4, -0.2) is 52.0 Å². The molecule has 3 amide bonds. The fraction of sp³-hybridized carbons (Fsp3) is 0.567. The lowest BCUT2D eigenvalue weighted by atomic mass is 9.85. The number of ether oxygens (including phenoxy) is 1. The van der Waals surface area contributed by atoms with Gasteiger partial charge >= 0.3 is 6.09 Å². The van der Waals surface area contributed by atoms with Crippen LogP contribution in [0.4, 0.5) is 4.79 Å². The van der Waals surface area contributed by atoms with Gasteiger partial charge in [0.05, 0.1) is 6.07 Å². The van der Waals surface area contributed by atoms with Crippen molar-refractivity contribution in [3.05, 3.63) is 42.2 Å². The van der Waals surface area contributed by atoms with Crippen molar-refractivity contribution in [2.45, 2.75) is 79.1 Å². The number of hydrogen-bond acceptors (Lipinski definition) is 6. The number of pyridine rings is 1. The maximum atomic E-state index is 14.0. The summed E-state index contributed by atoms with van der Waals surface area (Å²) in [6.07, 6.45) is 2.63. The first-order valence-electron chi connectivity index (χ1n) is 13.4. The number of fused-ring (bicyclic) bond motifs is 2. The minimum atomic E-state index is -0.938. The highest BCUT2D eigenvalue weighted by Gasteiger charge is 2.69. The monoisotopic (exact) mass is 533 g/mol. The van der Waals surface area contributed by atoms with Gasteiger partial charge in [-0.1, -0.05) is 58.9 Å². The van der Waals surface area contributed by atoms with Crippen LogP contribution in [-0.2, 0) is 14.3 Å². The Labute approximate surface area is 230 Å². The van der Waals surface area contributed by atoms with Crippen LogP contribution < -0.4 is 10.6 Å². The topological polar surface area (TPSA) is 124 Å². The van der Waals surface area contributed by atoms with E-state index in [-0.39, 0.29) is 29.1 Å². The second-order valence-electron chi connectivity index (χ2n) is 13.4. The zero-order chi connectivity index (χ0) is 28.9. The number of aromatic nitrogens is 1. The molecule has 1 aromatic heterocycles. The molecule has 0 spiro atoms. The second kappa shape index (κ2) is 9.82. The molecule has 2 aliphatic rings. The van der Waals surface area contributed by atoms with Gasteiger partial charge in [-0.3, -0.25) is 14.6 Å². The molecule has 4 rings (SSSR count). The Kier molecular flexibility index (Phi) is 7.13. The number of nitrogens with one attached hydrogen (secondary N) is 2. The summed E-state index contributed by atoms with van der Waals surface area (Å²) in [5.74, 6) is -0.615. The first kappa shape index (κ1) is 28.3. The van der Waals surface area contributed by atoms with E-state index in [0.29, 0.717) is 12.1 Å². The number of carbonyl (C=O) groups is 3. The summed E-state index contributed by atoms with van der Waals surface area (Å²) >= 11 is 0. The van der Waals surface area contributed by atoms with Crippen molar-refractivity contribution in [2.24, 2.45) is 22.7 Å². The van der Waals surface area contributed by atoms with Crippen LogP contribution in [0, 0.1) is 34.0 Å². The van der Waals surface area contributed by atoms with Gasteiger partial charge in [0.2, 0.25) is 11.8 Å². The Morgan fingerprint density at radius 2 is 1.77 bits per heavy atom. The molecule has 1 aromatic carbocycles. The van der Waals surface area contributed by atoms with E-state index in [0.717, 1.165) is 10.8 Å². The molecule has 0 bridgehead atoms. The molecule has 1 unspecified atom stereocenters. The number of nitrogens with zero attached hydrogens (tertiary/aromatic N) is 3. The molecule has 2 heterocycles. The average molecular weight is 534 g/mol. The van der Waals surface area contributed by atoms with Crippen molar-refractivity contribution in [2.75, 3.05) is 6.54 Å². The van der Waals surface area contributed by atoms with Crippen molar-refractivity contribution in [1.29, 1.82) is 5.26 Å². The van der Waals surface area contributed by atoms with Gasteiger partial charge in [-0.15, -0.1) is 0 Å². The molecule has 2 fully saturated rings. The molecular formula is C30H39N5O4. The summed E-state index contributed by atoms with van der Waals surface area (Å²) < 4.78 is 5.42. The molecule has 1 saturated heterocycles. The maximum Gasteiger partial charge on any atom is 0.408 e. The molecule has 1 saturated carbocycles. The number of hydrogen-bond donors (Lipinski definition) is 2. The molecule has 39 heavy (non-hydrogen) atoms. The fourth-order valence-corrected chi connectivity index (χ4v) is 5.83. The lowest BCUT2D eigenvalue weighted by Gasteiger charge is -2.38. The third-order valence-corrected chi connectivity index (χ3v) is 7.96.